The van der Waals surface area contributed by atoms with E-state index >= 15 is 0 Å². The molecule has 1 saturated heterocycles. The first-order valence-electron chi connectivity index (χ1n) is 6.55. The summed E-state index contributed by atoms with van der Waals surface area (Å²) >= 11 is 1.59. The normalized spacial score (nSPS) is 21.1. The maximum Gasteiger partial charge on any atom is 0.138 e. The molecule has 0 radical (unpaired) electrons. The van der Waals surface area contributed by atoms with Crippen molar-refractivity contribution in [3.63, 3.8) is 0 Å². The number of hydrogen-bond donors (Lipinski definition) is 1. The van der Waals surface area contributed by atoms with E-state index in [1.807, 2.05) is 0 Å². The lowest BCUT2D eigenvalue weighted by molar-refractivity contribution is 0.182. The highest BCUT2D eigenvalue weighted by Gasteiger charge is 2.18. The number of anilines is 1. The van der Waals surface area contributed by atoms with Crippen molar-refractivity contribution in [3.05, 3.63) is 24.0 Å². The van der Waals surface area contributed by atoms with Crippen molar-refractivity contribution in [2.75, 3.05) is 25.1 Å². The van der Waals surface area contributed by atoms with Crippen LogP contribution in [0.5, 0.6) is 0 Å². The number of nitrogen functional groups attached to an aromatic ring is 1. The van der Waals surface area contributed by atoms with E-state index in [4.69, 9.17) is 5.73 Å². The number of nitrogens with zero attached hydrogens (tertiary/aromatic N) is 1. The summed E-state index contributed by atoms with van der Waals surface area (Å²) in [4.78, 5) is 3.14. The summed E-state index contributed by atoms with van der Waals surface area (Å²) in [7, 11) is 2.19. The fourth-order valence-electron chi connectivity index (χ4n) is 2.45. The molecule has 2 nitrogen and oxygen atoms in total. The van der Waals surface area contributed by atoms with E-state index in [0.29, 0.717) is 16.6 Å². The molecule has 1 fully saturated rings. The number of rotatable bonds is 4. The van der Waals surface area contributed by atoms with Crippen LogP contribution in [0.15, 0.2) is 23.1 Å². The number of piperidine rings is 1. The number of nitrogens with two attached hydrogens (primary N) is 1. The molecule has 0 bridgehead atoms. The molecule has 1 aliphatic heterocycles. The summed E-state index contributed by atoms with van der Waals surface area (Å²) in [6.45, 7) is 1.20. The minimum Gasteiger partial charge on any atom is -0.399 e. The van der Waals surface area contributed by atoms with Gasteiger partial charge >= 0.3 is 0 Å². The molecule has 1 aliphatic rings. The van der Waals surface area contributed by atoms with Gasteiger partial charge in [0, 0.05) is 16.6 Å². The lowest BCUT2D eigenvalue weighted by Gasteiger charge is -2.32. The number of halogens is 1. The van der Waals surface area contributed by atoms with Gasteiger partial charge in [-0.3, -0.25) is 0 Å². The molecule has 0 aromatic heterocycles. The summed E-state index contributed by atoms with van der Waals surface area (Å²) in [6.07, 6.45) is 5.05. The molecule has 0 saturated carbocycles. The molecule has 1 atom stereocenters. The van der Waals surface area contributed by atoms with Gasteiger partial charge in [-0.05, 0) is 56.8 Å². The largest absolute Gasteiger partial charge is 0.399 e. The third kappa shape index (κ3) is 3.62. The highest BCUT2D eigenvalue weighted by atomic mass is 32.2. The SMILES string of the molecule is CN1CCCCC1CCSc1ccc(N)cc1F. The van der Waals surface area contributed by atoms with Gasteiger partial charge in [0.1, 0.15) is 5.82 Å². The van der Waals surface area contributed by atoms with Gasteiger partial charge in [-0.1, -0.05) is 6.42 Å². The summed E-state index contributed by atoms with van der Waals surface area (Å²) in [5.74, 6) is 0.771. The second-order valence-corrected chi connectivity index (χ2v) is 6.09. The molecule has 1 unspecified atom stereocenters. The van der Waals surface area contributed by atoms with Crippen LogP contribution in [-0.2, 0) is 0 Å². The van der Waals surface area contributed by atoms with Gasteiger partial charge in [-0.25, -0.2) is 4.39 Å². The van der Waals surface area contributed by atoms with Crippen molar-refractivity contribution in [1.29, 1.82) is 0 Å². The zero-order valence-electron chi connectivity index (χ0n) is 10.9. The Morgan fingerprint density at radius 1 is 1.44 bits per heavy atom. The highest BCUT2D eigenvalue weighted by Crippen LogP contribution is 2.26. The second kappa shape index (κ2) is 6.43. The molecule has 0 aliphatic carbocycles. The standard InChI is InChI=1S/C14H21FN2S/c1-17-8-3-2-4-12(17)7-9-18-14-6-5-11(16)10-13(14)15/h5-6,10,12H,2-4,7-9,16H2,1H3. The Morgan fingerprint density at radius 3 is 3.00 bits per heavy atom. The van der Waals surface area contributed by atoms with E-state index in [0.717, 1.165) is 12.2 Å². The summed E-state index contributed by atoms with van der Waals surface area (Å²) < 4.78 is 13.6. The maximum absolute atomic E-state index is 13.6. The van der Waals surface area contributed by atoms with Gasteiger partial charge in [0.15, 0.2) is 0 Å². The van der Waals surface area contributed by atoms with E-state index in [2.05, 4.69) is 11.9 Å². The van der Waals surface area contributed by atoms with Gasteiger partial charge in [0.05, 0.1) is 0 Å². The predicted molar refractivity (Wildman–Crippen MR) is 76.4 cm³/mol. The van der Waals surface area contributed by atoms with Crippen molar-refractivity contribution in [2.24, 2.45) is 0 Å². The van der Waals surface area contributed by atoms with Crippen LogP contribution in [0.4, 0.5) is 10.1 Å². The fraction of sp³-hybridized carbons (Fsp3) is 0.571. The molecule has 2 N–H and O–H groups in total. The number of hydrogen-bond acceptors (Lipinski definition) is 3. The average molecular weight is 268 g/mol. The molecule has 2 rings (SSSR count). The van der Waals surface area contributed by atoms with E-state index in [1.54, 1.807) is 23.9 Å². The van der Waals surface area contributed by atoms with Crippen molar-refractivity contribution in [2.45, 2.75) is 36.6 Å². The molecule has 1 aromatic rings. The number of likely N-dealkylation sites (tertiary alicyclic amines) is 1. The van der Waals surface area contributed by atoms with Gasteiger partial charge in [-0.15, -0.1) is 11.8 Å². The van der Waals surface area contributed by atoms with E-state index in [1.165, 1.54) is 31.9 Å². The van der Waals surface area contributed by atoms with Gasteiger partial charge in [0.2, 0.25) is 0 Å². The Balaban J connectivity index is 1.81. The monoisotopic (exact) mass is 268 g/mol. The second-order valence-electron chi connectivity index (χ2n) is 4.96. The van der Waals surface area contributed by atoms with Crippen LogP contribution >= 0.6 is 11.8 Å². The smallest absolute Gasteiger partial charge is 0.138 e. The van der Waals surface area contributed by atoms with Gasteiger partial charge in [-0.2, -0.15) is 0 Å². The molecule has 1 aromatic carbocycles. The topological polar surface area (TPSA) is 29.3 Å². The van der Waals surface area contributed by atoms with Crippen LogP contribution in [0, 0.1) is 5.82 Å². The zero-order valence-corrected chi connectivity index (χ0v) is 11.7. The van der Waals surface area contributed by atoms with Gasteiger partial charge in [0.25, 0.3) is 0 Å². The maximum atomic E-state index is 13.6. The summed E-state index contributed by atoms with van der Waals surface area (Å²) in [5, 5.41) is 0. The number of thioether (sulfide) groups is 1. The number of benzene rings is 1. The van der Waals surface area contributed by atoms with Crippen LogP contribution in [0.25, 0.3) is 0 Å². The Hall–Kier alpha value is -0.740. The molecule has 1 heterocycles. The highest BCUT2D eigenvalue weighted by molar-refractivity contribution is 7.99. The Bertz CT molecular complexity index is 397. The first-order valence-corrected chi connectivity index (χ1v) is 7.53. The Labute approximate surface area is 113 Å². The molecular weight excluding hydrogens is 247 g/mol. The summed E-state index contributed by atoms with van der Waals surface area (Å²) in [6, 6.07) is 5.61. The lowest BCUT2D eigenvalue weighted by atomic mass is 10.0. The molecule has 0 amide bonds. The van der Waals surface area contributed by atoms with E-state index in [9.17, 15) is 4.39 Å². The van der Waals surface area contributed by atoms with Crippen LogP contribution in [0.3, 0.4) is 0 Å². The van der Waals surface area contributed by atoms with Crippen LogP contribution in [0.1, 0.15) is 25.7 Å². The van der Waals surface area contributed by atoms with Crippen molar-refractivity contribution >= 4 is 17.4 Å². The Kier molecular flexibility index (Phi) is 4.89. The third-order valence-electron chi connectivity index (χ3n) is 3.59. The molecule has 100 valence electrons. The van der Waals surface area contributed by atoms with Crippen LogP contribution in [0.2, 0.25) is 0 Å². The Morgan fingerprint density at radius 2 is 2.28 bits per heavy atom. The van der Waals surface area contributed by atoms with Crippen LogP contribution < -0.4 is 5.73 Å². The predicted octanol–water partition coefficient (Wildman–Crippen LogP) is 3.37. The van der Waals surface area contributed by atoms with Crippen molar-refractivity contribution < 1.29 is 4.39 Å². The lowest BCUT2D eigenvalue weighted by Crippen LogP contribution is -2.36. The van der Waals surface area contributed by atoms with E-state index < -0.39 is 0 Å². The minimum atomic E-state index is -0.197. The summed E-state index contributed by atoms with van der Waals surface area (Å²) in [5.41, 5.74) is 6.03. The quantitative estimate of drug-likeness (QED) is 0.670. The third-order valence-corrected chi connectivity index (χ3v) is 4.67. The van der Waals surface area contributed by atoms with Crippen molar-refractivity contribution in [1.82, 2.24) is 4.90 Å². The van der Waals surface area contributed by atoms with E-state index in [-0.39, 0.29) is 5.82 Å². The first-order chi connectivity index (χ1) is 8.66. The van der Waals surface area contributed by atoms with Crippen molar-refractivity contribution in [3.8, 4) is 0 Å². The van der Waals surface area contributed by atoms with Crippen LogP contribution in [-0.4, -0.2) is 30.3 Å². The molecule has 4 heteroatoms. The van der Waals surface area contributed by atoms with Gasteiger partial charge < -0.3 is 10.6 Å². The minimum absolute atomic E-state index is 0.197. The molecular formula is C14H21FN2S. The molecule has 0 spiro atoms. The zero-order chi connectivity index (χ0) is 13.0. The first kappa shape index (κ1) is 13.7. The fourth-order valence-corrected chi connectivity index (χ4v) is 3.42. The average Bonchev–Trinajstić information content (AvgIpc) is 2.34. The molecule has 18 heavy (non-hydrogen) atoms.